The first kappa shape index (κ1) is 17.1. The minimum Gasteiger partial charge on any atom is -0.493 e. The maximum atomic E-state index is 6.10. The van der Waals surface area contributed by atoms with Crippen molar-refractivity contribution in [2.24, 2.45) is 16.8 Å². The molecule has 1 saturated heterocycles. The van der Waals surface area contributed by atoms with Crippen LogP contribution in [0.2, 0.25) is 0 Å². The zero-order chi connectivity index (χ0) is 16.8. The molecule has 0 amide bonds. The molecule has 0 spiro atoms. The SMILES string of the molecule is CN=C(NCc1ccc(C)cc1OCC1CCOC1)NCC1CC1. The van der Waals surface area contributed by atoms with E-state index in [0.29, 0.717) is 12.5 Å². The zero-order valence-electron chi connectivity index (χ0n) is 14.8. The normalized spacial score (nSPS) is 20.9. The highest BCUT2D eigenvalue weighted by atomic mass is 16.5. The van der Waals surface area contributed by atoms with Gasteiger partial charge in [0.2, 0.25) is 0 Å². The molecule has 1 aliphatic heterocycles. The molecule has 2 fully saturated rings. The number of hydrogen-bond acceptors (Lipinski definition) is 3. The number of hydrogen-bond donors (Lipinski definition) is 2. The first-order chi connectivity index (χ1) is 11.7. The molecular formula is C19H29N3O2. The van der Waals surface area contributed by atoms with Crippen LogP contribution < -0.4 is 15.4 Å². The standard InChI is InChI=1S/C19H29N3O2/c1-14-3-6-17(11-22-19(20-2)21-10-15-4-5-15)18(9-14)24-13-16-7-8-23-12-16/h3,6,9,15-16H,4-5,7-8,10-13H2,1-2H3,(H2,20,21,22). The molecule has 1 aliphatic carbocycles. The summed E-state index contributed by atoms with van der Waals surface area (Å²) in [4.78, 5) is 4.30. The highest BCUT2D eigenvalue weighted by Crippen LogP contribution is 2.27. The van der Waals surface area contributed by atoms with Crippen molar-refractivity contribution in [3.8, 4) is 5.75 Å². The molecule has 24 heavy (non-hydrogen) atoms. The molecule has 1 saturated carbocycles. The summed E-state index contributed by atoms with van der Waals surface area (Å²) < 4.78 is 11.5. The number of aliphatic imine (C=N–C) groups is 1. The third kappa shape index (κ3) is 5.13. The molecule has 5 heteroatoms. The predicted octanol–water partition coefficient (Wildman–Crippen LogP) is 2.49. The van der Waals surface area contributed by atoms with E-state index in [9.17, 15) is 0 Å². The van der Waals surface area contributed by atoms with Crippen LogP contribution in [-0.2, 0) is 11.3 Å². The smallest absolute Gasteiger partial charge is 0.191 e. The molecule has 1 atom stereocenters. The van der Waals surface area contributed by atoms with E-state index >= 15 is 0 Å². The predicted molar refractivity (Wildman–Crippen MR) is 96.5 cm³/mol. The third-order valence-electron chi connectivity index (χ3n) is 4.65. The van der Waals surface area contributed by atoms with Crippen LogP contribution >= 0.6 is 0 Å². The first-order valence-electron chi connectivity index (χ1n) is 8.99. The topological polar surface area (TPSA) is 54.9 Å². The summed E-state index contributed by atoms with van der Waals surface area (Å²) >= 11 is 0. The zero-order valence-corrected chi connectivity index (χ0v) is 14.8. The molecule has 2 N–H and O–H groups in total. The number of nitrogens with one attached hydrogen (secondary N) is 2. The lowest BCUT2D eigenvalue weighted by Crippen LogP contribution is -2.37. The number of rotatable bonds is 7. The van der Waals surface area contributed by atoms with Gasteiger partial charge in [-0.1, -0.05) is 12.1 Å². The van der Waals surface area contributed by atoms with E-state index in [4.69, 9.17) is 9.47 Å². The van der Waals surface area contributed by atoms with Gasteiger partial charge in [-0.3, -0.25) is 4.99 Å². The van der Waals surface area contributed by atoms with Crippen LogP contribution in [0, 0.1) is 18.8 Å². The highest BCUT2D eigenvalue weighted by Gasteiger charge is 2.21. The summed E-state index contributed by atoms with van der Waals surface area (Å²) in [5, 5.41) is 6.78. The molecule has 1 aromatic rings. The third-order valence-corrected chi connectivity index (χ3v) is 4.65. The Bertz CT molecular complexity index is 564. The molecule has 5 nitrogen and oxygen atoms in total. The van der Waals surface area contributed by atoms with E-state index in [2.05, 4.69) is 40.7 Å². The van der Waals surface area contributed by atoms with Crippen molar-refractivity contribution in [3.05, 3.63) is 29.3 Å². The van der Waals surface area contributed by atoms with Crippen LogP contribution in [0.5, 0.6) is 5.75 Å². The van der Waals surface area contributed by atoms with Crippen molar-refractivity contribution in [2.45, 2.75) is 32.7 Å². The Hall–Kier alpha value is -1.75. The van der Waals surface area contributed by atoms with Crippen molar-refractivity contribution < 1.29 is 9.47 Å². The lowest BCUT2D eigenvalue weighted by atomic mass is 10.1. The summed E-state index contributed by atoms with van der Waals surface area (Å²) in [5.41, 5.74) is 2.38. The Labute approximate surface area is 144 Å². The molecule has 0 radical (unpaired) electrons. The Morgan fingerprint density at radius 1 is 1.25 bits per heavy atom. The summed E-state index contributed by atoms with van der Waals surface area (Å²) in [5.74, 6) is 3.17. The van der Waals surface area contributed by atoms with Crippen molar-refractivity contribution in [1.29, 1.82) is 0 Å². The van der Waals surface area contributed by atoms with Crippen molar-refractivity contribution in [2.75, 3.05) is 33.4 Å². The van der Waals surface area contributed by atoms with Gasteiger partial charge in [0.15, 0.2) is 5.96 Å². The second-order valence-electron chi connectivity index (χ2n) is 6.90. The van der Waals surface area contributed by atoms with Gasteiger partial charge in [-0.2, -0.15) is 0 Å². The van der Waals surface area contributed by atoms with Crippen LogP contribution in [0.15, 0.2) is 23.2 Å². The Morgan fingerprint density at radius 3 is 2.83 bits per heavy atom. The average Bonchev–Trinajstić information content (AvgIpc) is 3.27. The van der Waals surface area contributed by atoms with Gasteiger partial charge < -0.3 is 20.1 Å². The monoisotopic (exact) mass is 331 g/mol. The molecule has 0 aromatic heterocycles. The molecule has 1 unspecified atom stereocenters. The minimum absolute atomic E-state index is 0.513. The fourth-order valence-electron chi connectivity index (χ4n) is 2.83. The lowest BCUT2D eigenvalue weighted by molar-refractivity contribution is 0.166. The van der Waals surface area contributed by atoms with E-state index < -0.39 is 0 Å². The van der Waals surface area contributed by atoms with Gasteiger partial charge in [-0.25, -0.2) is 0 Å². The molecule has 132 valence electrons. The molecular weight excluding hydrogens is 302 g/mol. The largest absolute Gasteiger partial charge is 0.493 e. The van der Waals surface area contributed by atoms with Crippen LogP contribution in [0.3, 0.4) is 0 Å². The number of benzene rings is 1. The fourth-order valence-corrected chi connectivity index (χ4v) is 2.83. The van der Waals surface area contributed by atoms with Gasteiger partial charge in [-0.05, 0) is 43.7 Å². The van der Waals surface area contributed by atoms with Crippen molar-refractivity contribution in [1.82, 2.24) is 10.6 Å². The van der Waals surface area contributed by atoms with Crippen LogP contribution in [0.25, 0.3) is 0 Å². The van der Waals surface area contributed by atoms with Gasteiger partial charge in [0.25, 0.3) is 0 Å². The summed E-state index contributed by atoms with van der Waals surface area (Å²) in [6.07, 6.45) is 3.77. The van der Waals surface area contributed by atoms with Gasteiger partial charge in [0.05, 0.1) is 13.2 Å². The number of nitrogens with zero attached hydrogens (tertiary/aromatic N) is 1. The van der Waals surface area contributed by atoms with Gasteiger partial charge in [0.1, 0.15) is 5.75 Å². The first-order valence-corrected chi connectivity index (χ1v) is 8.99. The second kappa shape index (κ2) is 8.38. The van der Waals surface area contributed by atoms with Crippen LogP contribution in [0.4, 0.5) is 0 Å². The quantitative estimate of drug-likeness (QED) is 0.595. The highest BCUT2D eigenvalue weighted by molar-refractivity contribution is 5.79. The van der Waals surface area contributed by atoms with Gasteiger partial charge >= 0.3 is 0 Å². The van der Waals surface area contributed by atoms with Crippen LogP contribution in [0.1, 0.15) is 30.4 Å². The number of guanidine groups is 1. The van der Waals surface area contributed by atoms with Crippen molar-refractivity contribution >= 4 is 5.96 Å². The lowest BCUT2D eigenvalue weighted by Gasteiger charge is -2.17. The van der Waals surface area contributed by atoms with Crippen molar-refractivity contribution in [3.63, 3.8) is 0 Å². The Balaban J connectivity index is 1.54. The summed E-state index contributed by atoms with van der Waals surface area (Å²) in [6, 6.07) is 6.38. The summed E-state index contributed by atoms with van der Waals surface area (Å²) in [6.45, 7) is 6.22. The summed E-state index contributed by atoms with van der Waals surface area (Å²) in [7, 11) is 1.81. The molecule has 2 aliphatic rings. The second-order valence-corrected chi connectivity index (χ2v) is 6.90. The van der Waals surface area contributed by atoms with E-state index in [1.165, 1.54) is 18.4 Å². The van der Waals surface area contributed by atoms with Crippen LogP contribution in [-0.4, -0.2) is 39.4 Å². The van der Waals surface area contributed by atoms with Gasteiger partial charge in [-0.15, -0.1) is 0 Å². The average molecular weight is 331 g/mol. The maximum Gasteiger partial charge on any atom is 0.191 e. The molecule has 0 bridgehead atoms. The molecule has 3 rings (SSSR count). The van der Waals surface area contributed by atoms with E-state index in [1.54, 1.807) is 0 Å². The molecule has 1 aromatic carbocycles. The molecule has 1 heterocycles. The number of ether oxygens (including phenoxy) is 2. The van der Waals surface area contributed by atoms with E-state index in [0.717, 1.165) is 56.0 Å². The Kier molecular flexibility index (Phi) is 5.96. The number of aryl methyl sites for hydroxylation is 1. The Morgan fingerprint density at radius 2 is 2.12 bits per heavy atom. The maximum absolute atomic E-state index is 6.10. The van der Waals surface area contributed by atoms with E-state index in [1.807, 2.05) is 7.05 Å². The van der Waals surface area contributed by atoms with Gasteiger partial charge in [0, 0.05) is 38.2 Å². The fraction of sp³-hybridized carbons (Fsp3) is 0.632. The van der Waals surface area contributed by atoms with E-state index in [-0.39, 0.29) is 0 Å². The minimum atomic E-state index is 0.513.